The van der Waals surface area contributed by atoms with E-state index in [0.29, 0.717) is 0 Å². The van der Waals surface area contributed by atoms with Crippen LogP contribution in [0.25, 0.3) is 0 Å². The molecule has 2 nitrogen and oxygen atoms in total. The van der Waals surface area contributed by atoms with Gasteiger partial charge in [-0.15, -0.1) is 0 Å². The molecule has 1 aromatic heterocycles. The Balaban J connectivity index is 3.41. The van der Waals surface area contributed by atoms with Crippen LogP contribution >= 0.6 is 0 Å². The SMILES string of the molecule is CCc1c(C=O)c(C)n(CC)c1C. The normalized spacial score (nSPS) is 10.5. The van der Waals surface area contributed by atoms with E-state index in [9.17, 15) is 4.79 Å². The first-order valence-electron chi connectivity index (χ1n) is 4.81. The van der Waals surface area contributed by atoms with Gasteiger partial charge in [-0.2, -0.15) is 0 Å². The van der Waals surface area contributed by atoms with Crippen molar-refractivity contribution in [2.45, 2.75) is 40.7 Å². The topological polar surface area (TPSA) is 22.0 Å². The zero-order valence-corrected chi connectivity index (χ0v) is 8.85. The van der Waals surface area contributed by atoms with Gasteiger partial charge in [0.15, 0.2) is 6.29 Å². The van der Waals surface area contributed by atoms with Crippen LogP contribution in [-0.4, -0.2) is 10.9 Å². The van der Waals surface area contributed by atoms with Gasteiger partial charge in [-0.1, -0.05) is 6.92 Å². The molecule has 0 N–H and O–H groups in total. The van der Waals surface area contributed by atoms with Crippen molar-refractivity contribution < 1.29 is 4.79 Å². The summed E-state index contributed by atoms with van der Waals surface area (Å²) in [7, 11) is 0. The summed E-state index contributed by atoms with van der Waals surface area (Å²) >= 11 is 0. The maximum Gasteiger partial charge on any atom is 0.152 e. The average molecular weight is 179 g/mol. The van der Waals surface area contributed by atoms with Gasteiger partial charge < -0.3 is 4.57 Å². The fourth-order valence-electron chi connectivity index (χ4n) is 2.05. The lowest BCUT2D eigenvalue weighted by atomic mass is 10.1. The highest BCUT2D eigenvalue weighted by molar-refractivity contribution is 5.80. The molecule has 72 valence electrons. The third kappa shape index (κ3) is 1.41. The second-order valence-corrected chi connectivity index (χ2v) is 3.28. The first-order chi connectivity index (χ1) is 6.17. The summed E-state index contributed by atoms with van der Waals surface area (Å²) in [5.74, 6) is 0. The molecule has 0 radical (unpaired) electrons. The zero-order valence-electron chi connectivity index (χ0n) is 8.85. The zero-order chi connectivity index (χ0) is 10.0. The van der Waals surface area contributed by atoms with Gasteiger partial charge in [-0.05, 0) is 32.8 Å². The second-order valence-electron chi connectivity index (χ2n) is 3.28. The quantitative estimate of drug-likeness (QED) is 0.653. The van der Waals surface area contributed by atoms with Crippen molar-refractivity contribution in [3.05, 3.63) is 22.5 Å². The Labute approximate surface area is 79.6 Å². The van der Waals surface area contributed by atoms with E-state index in [1.165, 1.54) is 11.3 Å². The molecule has 1 heterocycles. The number of hydrogen-bond donors (Lipinski definition) is 0. The van der Waals surface area contributed by atoms with E-state index in [4.69, 9.17) is 0 Å². The molecule has 0 fully saturated rings. The molecule has 0 aliphatic heterocycles. The van der Waals surface area contributed by atoms with E-state index < -0.39 is 0 Å². The van der Waals surface area contributed by atoms with Crippen molar-refractivity contribution in [3.8, 4) is 0 Å². The second kappa shape index (κ2) is 3.77. The minimum atomic E-state index is 0.891. The number of hydrogen-bond acceptors (Lipinski definition) is 1. The van der Waals surface area contributed by atoms with Gasteiger partial charge in [0, 0.05) is 23.5 Å². The Hall–Kier alpha value is -1.05. The van der Waals surface area contributed by atoms with Crippen LogP contribution < -0.4 is 0 Å². The van der Waals surface area contributed by atoms with Crippen molar-refractivity contribution in [1.82, 2.24) is 4.57 Å². The minimum absolute atomic E-state index is 0.891. The molecule has 0 aliphatic rings. The summed E-state index contributed by atoms with van der Waals surface area (Å²) < 4.78 is 2.20. The third-order valence-electron chi connectivity index (χ3n) is 2.75. The minimum Gasteiger partial charge on any atom is -0.348 e. The fourth-order valence-corrected chi connectivity index (χ4v) is 2.05. The van der Waals surface area contributed by atoms with E-state index in [1.54, 1.807) is 0 Å². The summed E-state index contributed by atoms with van der Waals surface area (Å²) in [6.07, 6.45) is 1.92. The van der Waals surface area contributed by atoms with Crippen LogP contribution in [0, 0.1) is 13.8 Å². The summed E-state index contributed by atoms with van der Waals surface area (Å²) in [4.78, 5) is 10.9. The number of aromatic nitrogens is 1. The molecule has 0 saturated heterocycles. The molecule has 0 amide bonds. The standard InChI is InChI=1S/C11H17NO/c1-5-10-8(3)12(6-2)9(4)11(10)7-13/h7H,5-6H2,1-4H3. The molecular formula is C11H17NO. The molecular weight excluding hydrogens is 162 g/mol. The first-order valence-corrected chi connectivity index (χ1v) is 4.81. The molecule has 0 saturated carbocycles. The Bertz CT molecular complexity index is 323. The van der Waals surface area contributed by atoms with Crippen LogP contribution in [0.15, 0.2) is 0 Å². The lowest BCUT2D eigenvalue weighted by molar-refractivity contribution is 0.112. The van der Waals surface area contributed by atoms with E-state index in [2.05, 4.69) is 25.3 Å². The highest BCUT2D eigenvalue weighted by Crippen LogP contribution is 2.20. The number of carbonyl (C=O) groups excluding carboxylic acids is 1. The van der Waals surface area contributed by atoms with Crippen molar-refractivity contribution in [2.75, 3.05) is 0 Å². The highest BCUT2D eigenvalue weighted by atomic mass is 16.1. The predicted octanol–water partition coefficient (Wildman–Crippen LogP) is 2.50. The van der Waals surface area contributed by atoms with Crippen LogP contribution in [-0.2, 0) is 13.0 Å². The van der Waals surface area contributed by atoms with Crippen molar-refractivity contribution >= 4 is 6.29 Å². The summed E-state index contributed by atoms with van der Waals surface area (Å²) in [6.45, 7) is 9.24. The van der Waals surface area contributed by atoms with E-state index in [-0.39, 0.29) is 0 Å². The molecule has 0 aromatic carbocycles. The molecule has 1 rings (SSSR count). The van der Waals surface area contributed by atoms with E-state index >= 15 is 0 Å². The Kier molecular flexibility index (Phi) is 2.91. The molecule has 0 bridgehead atoms. The monoisotopic (exact) mass is 179 g/mol. The van der Waals surface area contributed by atoms with Gasteiger partial charge in [0.05, 0.1) is 0 Å². The lowest BCUT2D eigenvalue weighted by Crippen LogP contribution is -1.99. The molecule has 0 unspecified atom stereocenters. The van der Waals surface area contributed by atoms with Crippen LogP contribution in [0.2, 0.25) is 0 Å². The highest BCUT2D eigenvalue weighted by Gasteiger charge is 2.13. The first kappa shape index (κ1) is 10.0. The Morgan fingerprint density at radius 3 is 2.15 bits per heavy atom. The molecule has 0 spiro atoms. The number of carbonyl (C=O) groups is 1. The van der Waals surface area contributed by atoms with Gasteiger partial charge in [-0.3, -0.25) is 4.79 Å². The average Bonchev–Trinajstić information content (AvgIpc) is 2.36. The Morgan fingerprint density at radius 1 is 1.23 bits per heavy atom. The van der Waals surface area contributed by atoms with Crippen molar-refractivity contribution in [1.29, 1.82) is 0 Å². The molecule has 2 heteroatoms. The van der Waals surface area contributed by atoms with Gasteiger partial charge in [0.25, 0.3) is 0 Å². The van der Waals surface area contributed by atoms with Gasteiger partial charge in [-0.25, -0.2) is 0 Å². The van der Waals surface area contributed by atoms with Crippen LogP contribution in [0.3, 0.4) is 0 Å². The van der Waals surface area contributed by atoms with Crippen molar-refractivity contribution in [3.63, 3.8) is 0 Å². The van der Waals surface area contributed by atoms with Crippen LogP contribution in [0.4, 0.5) is 0 Å². The number of nitrogens with zero attached hydrogens (tertiary/aromatic N) is 1. The molecule has 13 heavy (non-hydrogen) atoms. The van der Waals surface area contributed by atoms with Gasteiger partial charge in [0.1, 0.15) is 0 Å². The lowest BCUT2D eigenvalue weighted by Gasteiger charge is -2.04. The molecule has 0 aliphatic carbocycles. The van der Waals surface area contributed by atoms with Gasteiger partial charge >= 0.3 is 0 Å². The molecule has 0 atom stereocenters. The maximum atomic E-state index is 10.9. The van der Waals surface area contributed by atoms with Crippen LogP contribution in [0.5, 0.6) is 0 Å². The van der Waals surface area contributed by atoms with Crippen LogP contribution in [0.1, 0.15) is 41.2 Å². The van der Waals surface area contributed by atoms with Gasteiger partial charge in [0.2, 0.25) is 0 Å². The summed E-state index contributed by atoms with van der Waals surface area (Å²) in [5, 5.41) is 0. The number of aldehydes is 1. The maximum absolute atomic E-state index is 10.9. The van der Waals surface area contributed by atoms with Crippen molar-refractivity contribution in [2.24, 2.45) is 0 Å². The molecule has 1 aromatic rings. The summed E-state index contributed by atoms with van der Waals surface area (Å²) in [6, 6.07) is 0. The van der Waals surface area contributed by atoms with E-state index in [1.807, 2.05) is 6.92 Å². The fraction of sp³-hybridized carbons (Fsp3) is 0.545. The predicted molar refractivity (Wildman–Crippen MR) is 54.3 cm³/mol. The summed E-state index contributed by atoms with van der Waals surface area (Å²) in [5.41, 5.74) is 4.44. The Morgan fingerprint density at radius 2 is 1.85 bits per heavy atom. The van der Waals surface area contributed by atoms with E-state index in [0.717, 1.165) is 30.5 Å². The largest absolute Gasteiger partial charge is 0.348 e. The third-order valence-corrected chi connectivity index (χ3v) is 2.75. The number of rotatable bonds is 3. The smallest absolute Gasteiger partial charge is 0.152 e.